The molecule has 1 aromatic heterocycles. The molecule has 0 spiro atoms. The maximum atomic E-state index is 6.09. The van der Waals surface area contributed by atoms with Crippen molar-refractivity contribution < 1.29 is 4.42 Å². The van der Waals surface area contributed by atoms with Gasteiger partial charge in [0.25, 0.3) is 0 Å². The van der Waals surface area contributed by atoms with Gasteiger partial charge in [0.2, 0.25) is 0 Å². The lowest BCUT2D eigenvalue weighted by Gasteiger charge is -2.36. The van der Waals surface area contributed by atoms with Crippen LogP contribution in [0.25, 0.3) is 11.1 Å². The average Bonchev–Trinajstić information content (AvgIpc) is 3.15. The third kappa shape index (κ3) is 3.46. The second-order valence-electron chi connectivity index (χ2n) is 7.76. The Balaban J connectivity index is 0.00000169. The van der Waals surface area contributed by atoms with Crippen molar-refractivity contribution in [3.63, 3.8) is 0 Å². The van der Waals surface area contributed by atoms with E-state index in [0.717, 1.165) is 49.5 Å². The Morgan fingerprint density at radius 2 is 2.12 bits per heavy atom. The SMILES string of the molecule is Cc1cccc2nc(C3CCN(CC4(C)CCNC4)CC3)oc12.Cl. The molecule has 1 aromatic carbocycles. The number of nitrogens with one attached hydrogen (secondary N) is 1. The Bertz CT molecular complexity index is 685. The van der Waals surface area contributed by atoms with Gasteiger partial charge in [0.1, 0.15) is 5.52 Å². The Hall–Kier alpha value is -1.10. The maximum Gasteiger partial charge on any atom is 0.198 e. The molecule has 3 heterocycles. The summed E-state index contributed by atoms with van der Waals surface area (Å²) in [5.41, 5.74) is 3.61. The normalized spacial score (nSPS) is 25.9. The van der Waals surface area contributed by atoms with Crippen LogP contribution in [-0.2, 0) is 0 Å². The minimum atomic E-state index is 0. The summed E-state index contributed by atoms with van der Waals surface area (Å²) < 4.78 is 6.09. The summed E-state index contributed by atoms with van der Waals surface area (Å²) in [4.78, 5) is 7.38. The first-order chi connectivity index (χ1) is 11.1. The van der Waals surface area contributed by atoms with Gasteiger partial charge < -0.3 is 14.6 Å². The van der Waals surface area contributed by atoms with E-state index in [1.807, 2.05) is 0 Å². The van der Waals surface area contributed by atoms with Crippen molar-refractivity contribution in [2.24, 2.45) is 5.41 Å². The number of oxazole rings is 1. The molecule has 2 aliphatic rings. The number of hydrogen-bond donors (Lipinski definition) is 1. The summed E-state index contributed by atoms with van der Waals surface area (Å²) in [6.45, 7) is 10.4. The Labute approximate surface area is 150 Å². The van der Waals surface area contributed by atoms with Crippen LogP contribution in [0.1, 0.15) is 43.6 Å². The highest BCUT2D eigenvalue weighted by atomic mass is 35.5. The largest absolute Gasteiger partial charge is 0.440 e. The number of fused-ring (bicyclic) bond motifs is 1. The number of aromatic nitrogens is 1. The van der Waals surface area contributed by atoms with Gasteiger partial charge in [0.05, 0.1) is 0 Å². The number of benzene rings is 1. The number of halogens is 1. The molecule has 0 amide bonds. The van der Waals surface area contributed by atoms with Crippen LogP contribution in [-0.4, -0.2) is 42.6 Å². The molecule has 24 heavy (non-hydrogen) atoms. The standard InChI is InChI=1S/C19H27N3O.ClH/c1-14-4-3-5-16-17(14)23-18(21-16)15-6-10-22(11-7-15)13-19(2)8-9-20-12-19;/h3-5,15,20H,6-13H2,1-2H3;1H. The van der Waals surface area contributed by atoms with Gasteiger partial charge in [0.15, 0.2) is 11.5 Å². The molecular weight excluding hydrogens is 322 g/mol. The quantitative estimate of drug-likeness (QED) is 0.916. The maximum absolute atomic E-state index is 6.09. The first-order valence-electron chi connectivity index (χ1n) is 8.92. The fraction of sp³-hybridized carbons (Fsp3) is 0.632. The highest BCUT2D eigenvalue weighted by Crippen LogP contribution is 2.33. The van der Waals surface area contributed by atoms with E-state index in [2.05, 4.69) is 42.3 Å². The molecule has 4 rings (SSSR count). The summed E-state index contributed by atoms with van der Waals surface area (Å²) in [7, 11) is 0. The van der Waals surface area contributed by atoms with Gasteiger partial charge in [0, 0.05) is 19.0 Å². The van der Waals surface area contributed by atoms with E-state index in [0.29, 0.717) is 11.3 Å². The summed E-state index contributed by atoms with van der Waals surface area (Å²) in [5.74, 6) is 1.43. The first-order valence-corrected chi connectivity index (χ1v) is 8.92. The molecule has 0 saturated carbocycles. The molecule has 2 aliphatic heterocycles. The van der Waals surface area contributed by atoms with Crippen molar-refractivity contribution >= 4 is 23.5 Å². The van der Waals surface area contributed by atoms with Gasteiger partial charge in [-0.25, -0.2) is 4.98 Å². The molecule has 0 aliphatic carbocycles. The predicted molar refractivity (Wildman–Crippen MR) is 100 cm³/mol. The average molecular weight is 350 g/mol. The molecule has 0 bridgehead atoms. The fourth-order valence-corrected chi connectivity index (χ4v) is 4.16. The fourth-order valence-electron chi connectivity index (χ4n) is 4.16. The van der Waals surface area contributed by atoms with Gasteiger partial charge >= 0.3 is 0 Å². The van der Waals surface area contributed by atoms with Crippen molar-refractivity contribution in [2.75, 3.05) is 32.7 Å². The minimum absolute atomic E-state index is 0. The van der Waals surface area contributed by atoms with Crippen molar-refractivity contribution in [1.29, 1.82) is 0 Å². The summed E-state index contributed by atoms with van der Waals surface area (Å²) in [6.07, 6.45) is 3.63. The van der Waals surface area contributed by atoms with Gasteiger partial charge in [-0.2, -0.15) is 0 Å². The zero-order valence-electron chi connectivity index (χ0n) is 14.7. The van der Waals surface area contributed by atoms with Crippen LogP contribution in [0.15, 0.2) is 22.6 Å². The Kier molecular flexibility index (Phi) is 5.19. The highest BCUT2D eigenvalue weighted by molar-refractivity contribution is 5.85. The second-order valence-corrected chi connectivity index (χ2v) is 7.76. The first kappa shape index (κ1) is 17.7. The number of rotatable bonds is 3. The van der Waals surface area contributed by atoms with E-state index < -0.39 is 0 Å². The van der Waals surface area contributed by atoms with Crippen LogP contribution >= 0.6 is 12.4 Å². The Morgan fingerprint density at radius 3 is 2.79 bits per heavy atom. The second kappa shape index (κ2) is 7.03. The summed E-state index contributed by atoms with van der Waals surface area (Å²) in [6, 6.07) is 6.21. The molecule has 1 atom stereocenters. The van der Waals surface area contributed by atoms with E-state index in [4.69, 9.17) is 9.40 Å². The zero-order valence-corrected chi connectivity index (χ0v) is 15.5. The van der Waals surface area contributed by atoms with Crippen molar-refractivity contribution in [3.8, 4) is 0 Å². The van der Waals surface area contributed by atoms with Crippen molar-refractivity contribution in [1.82, 2.24) is 15.2 Å². The molecule has 0 radical (unpaired) electrons. The summed E-state index contributed by atoms with van der Waals surface area (Å²) in [5, 5.41) is 3.51. The molecule has 5 heteroatoms. The van der Waals surface area contributed by atoms with E-state index in [1.165, 1.54) is 25.1 Å². The number of piperidine rings is 1. The summed E-state index contributed by atoms with van der Waals surface area (Å²) >= 11 is 0. The van der Waals surface area contributed by atoms with Crippen LogP contribution in [0.2, 0.25) is 0 Å². The lowest BCUT2D eigenvalue weighted by Crippen LogP contribution is -2.41. The van der Waals surface area contributed by atoms with Crippen LogP contribution in [0, 0.1) is 12.3 Å². The molecule has 2 fully saturated rings. The molecule has 4 nitrogen and oxygen atoms in total. The lowest BCUT2D eigenvalue weighted by molar-refractivity contribution is 0.139. The molecule has 2 aromatic rings. The monoisotopic (exact) mass is 349 g/mol. The van der Waals surface area contributed by atoms with Crippen molar-refractivity contribution in [3.05, 3.63) is 29.7 Å². The van der Waals surface area contributed by atoms with E-state index in [1.54, 1.807) is 0 Å². The lowest BCUT2D eigenvalue weighted by atomic mass is 9.87. The van der Waals surface area contributed by atoms with Crippen molar-refractivity contribution in [2.45, 2.75) is 39.0 Å². The van der Waals surface area contributed by atoms with Crippen LogP contribution in [0.3, 0.4) is 0 Å². The molecule has 2 saturated heterocycles. The highest BCUT2D eigenvalue weighted by Gasteiger charge is 2.33. The molecule has 1 N–H and O–H groups in total. The number of nitrogens with zero attached hydrogens (tertiary/aromatic N) is 2. The van der Waals surface area contributed by atoms with Gasteiger partial charge in [-0.1, -0.05) is 19.1 Å². The van der Waals surface area contributed by atoms with Gasteiger partial charge in [-0.15, -0.1) is 12.4 Å². The minimum Gasteiger partial charge on any atom is -0.440 e. The van der Waals surface area contributed by atoms with Crippen LogP contribution in [0.4, 0.5) is 0 Å². The molecule has 132 valence electrons. The van der Waals surface area contributed by atoms with Gasteiger partial charge in [-0.05, 0) is 62.9 Å². The van der Waals surface area contributed by atoms with Gasteiger partial charge in [-0.3, -0.25) is 0 Å². The van der Waals surface area contributed by atoms with Crippen LogP contribution < -0.4 is 5.32 Å². The number of likely N-dealkylation sites (tertiary alicyclic amines) is 1. The molecular formula is C19H28ClN3O. The number of hydrogen-bond acceptors (Lipinski definition) is 4. The predicted octanol–water partition coefficient (Wildman–Crippen LogP) is 3.74. The third-order valence-electron chi connectivity index (χ3n) is 5.63. The van der Waals surface area contributed by atoms with E-state index in [-0.39, 0.29) is 12.4 Å². The van der Waals surface area contributed by atoms with E-state index in [9.17, 15) is 0 Å². The zero-order chi connectivity index (χ0) is 15.9. The smallest absolute Gasteiger partial charge is 0.198 e. The van der Waals surface area contributed by atoms with E-state index >= 15 is 0 Å². The third-order valence-corrected chi connectivity index (χ3v) is 5.63. The topological polar surface area (TPSA) is 41.3 Å². The number of aryl methyl sites for hydroxylation is 1. The van der Waals surface area contributed by atoms with Crippen LogP contribution in [0.5, 0.6) is 0 Å². The Morgan fingerprint density at radius 1 is 1.33 bits per heavy atom. The number of para-hydroxylation sites is 1. The molecule has 1 unspecified atom stereocenters.